The fourth-order valence-corrected chi connectivity index (χ4v) is 2.25. The van der Waals surface area contributed by atoms with Crippen molar-refractivity contribution in [3.63, 3.8) is 0 Å². The highest BCUT2D eigenvalue weighted by Gasteiger charge is 2.30. The van der Waals surface area contributed by atoms with E-state index < -0.39 is 11.4 Å². The molecule has 0 N–H and O–H groups in total. The maximum atomic E-state index is 11.5. The summed E-state index contributed by atoms with van der Waals surface area (Å²) in [5.41, 5.74) is 1.14. The van der Waals surface area contributed by atoms with Crippen molar-refractivity contribution in [3.8, 4) is 0 Å². The summed E-state index contributed by atoms with van der Waals surface area (Å²) in [6, 6.07) is 0. The van der Waals surface area contributed by atoms with Gasteiger partial charge in [-0.2, -0.15) is 0 Å². The minimum Gasteiger partial charge on any atom is -0.591 e. The number of carbonyl (C=O) groups excluding carboxylic acids is 1. The first-order valence-electron chi connectivity index (χ1n) is 6.74. The zero-order valence-corrected chi connectivity index (χ0v) is 13.0. The Balaban J connectivity index is 0.000000225. The SMILES string of the molecule is CC1CCC1=O.C[C@H]1CC/C1=N\[S+]([O-])C(C)(C)C. The summed E-state index contributed by atoms with van der Waals surface area (Å²) in [7, 11) is 0. The number of carbonyl (C=O) groups is 1. The Morgan fingerprint density at radius 2 is 1.67 bits per heavy atom. The van der Waals surface area contributed by atoms with Gasteiger partial charge in [0.15, 0.2) is 0 Å². The van der Waals surface area contributed by atoms with Crippen LogP contribution in [0, 0.1) is 11.8 Å². The summed E-state index contributed by atoms with van der Waals surface area (Å²) >= 11 is -1.05. The van der Waals surface area contributed by atoms with Crippen molar-refractivity contribution in [3.05, 3.63) is 0 Å². The topological polar surface area (TPSA) is 52.5 Å². The highest BCUT2D eigenvalue weighted by atomic mass is 32.2. The molecule has 0 heterocycles. The van der Waals surface area contributed by atoms with Gasteiger partial charge in [0.2, 0.25) is 0 Å². The van der Waals surface area contributed by atoms with Crippen molar-refractivity contribution in [1.29, 1.82) is 0 Å². The molecule has 2 fully saturated rings. The molecule has 0 bridgehead atoms. The molecule has 0 aliphatic heterocycles. The molecule has 0 saturated heterocycles. The molecular weight excluding hydrogens is 246 g/mol. The largest absolute Gasteiger partial charge is 0.591 e. The zero-order chi connectivity index (χ0) is 13.9. The van der Waals surface area contributed by atoms with Crippen molar-refractivity contribution in [2.24, 2.45) is 16.2 Å². The molecule has 2 saturated carbocycles. The molecule has 2 rings (SSSR count). The van der Waals surface area contributed by atoms with Crippen LogP contribution in [-0.4, -0.2) is 20.8 Å². The van der Waals surface area contributed by atoms with Crippen LogP contribution >= 0.6 is 0 Å². The van der Waals surface area contributed by atoms with Crippen molar-refractivity contribution < 1.29 is 9.35 Å². The van der Waals surface area contributed by atoms with Crippen LogP contribution in [0.15, 0.2) is 4.40 Å². The molecule has 0 amide bonds. The molecule has 0 radical (unpaired) electrons. The van der Waals surface area contributed by atoms with Gasteiger partial charge in [0.25, 0.3) is 0 Å². The van der Waals surface area contributed by atoms with E-state index in [1.165, 1.54) is 6.42 Å². The second kappa shape index (κ2) is 6.20. The number of hydrogen-bond acceptors (Lipinski definition) is 3. The Morgan fingerprint density at radius 3 is 1.83 bits per heavy atom. The molecule has 2 unspecified atom stereocenters. The average Bonchev–Trinajstić information content (AvgIpc) is 2.30. The standard InChI is InChI=1S/C9H17NOS.C5H8O/c1-7-5-6-8(7)10-12(11)9(2,3)4;1-4-2-3-5(4)6/h7H,5-6H2,1-4H3;4H,2-3H2,1H3/b10-8+;/t7-,12?;/m0./s1. The van der Waals surface area contributed by atoms with Crippen LogP contribution in [-0.2, 0) is 16.2 Å². The zero-order valence-electron chi connectivity index (χ0n) is 12.2. The Labute approximate surface area is 114 Å². The average molecular weight is 271 g/mol. The lowest BCUT2D eigenvalue weighted by molar-refractivity contribution is -0.128. The first-order chi connectivity index (χ1) is 8.21. The van der Waals surface area contributed by atoms with E-state index in [9.17, 15) is 9.35 Å². The second-order valence-corrected chi connectivity index (χ2v) is 8.20. The molecule has 0 spiro atoms. The number of nitrogens with zero attached hydrogens (tertiary/aromatic N) is 1. The molecule has 2 aliphatic rings. The molecule has 3 atom stereocenters. The first kappa shape index (κ1) is 15.7. The van der Waals surface area contributed by atoms with Gasteiger partial charge in [-0.1, -0.05) is 18.2 Å². The molecule has 104 valence electrons. The number of hydrogen-bond donors (Lipinski definition) is 0. The van der Waals surface area contributed by atoms with E-state index in [-0.39, 0.29) is 4.75 Å². The Bertz CT molecular complexity index is 333. The Kier molecular flexibility index (Phi) is 5.41. The van der Waals surface area contributed by atoms with Crippen LogP contribution in [0.2, 0.25) is 0 Å². The van der Waals surface area contributed by atoms with E-state index in [2.05, 4.69) is 11.3 Å². The predicted molar refractivity (Wildman–Crippen MR) is 77.1 cm³/mol. The first-order valence-corrected chi connectivity index (χ1v) is 7.84. The fraction of sp³-hybridized carbons (Fsp3) is 0.857. The van der Waals surface area contributed by atoms with Gasteiger partial charge >= 0.3 is 0 Å². The Morgan fingerprint density at radius 1 is 1.17 bits per heavy atom. The van der Waals surface area contributed by atoms with Crippen molar-refractivity contribution in [2.45, 2.75) is 65.0 Å². The van der Waals surface area contributed by atoms with Crippen LogP contribution in [0.5, 0.6) is 0 Å². The van der Waals surface area contributed by atoms with Crippen LogP contribution in [0.4, 0.5) is 0 Å². The third-order valence-electron chi connectivity index (χ3n) is 3.50. The number of ketones is 1. The van der Waals surface area contributed by atoms with E-state index >= 15 is 0 Å². The minimum absolute atomic E-state index is 0.206. The quantitative estimate of drug-likeness (QED) is 0.687. The summed E-state index contributed by atoms with van der Waals surface area (Å²) in [4.78, 5) is 10.2. The monoisotopic (exact) mass is 271 g/mol. The lowest BCUT2D eigenvalue weighted by Gasteiger charge is -2.26. The van der Waals surface area contributed by atoms with Crippen molar-refractivity contribution in [2.75, 3.05) is 0 Å². The summed E-state index contributed by atoms with van der Waals surface area (Å²) in [6.45, 7) is 9.98. The highest BCUT2D eigenvalue weighted by Crippen LogP contribution is 2.26. The maximum Gasteiger partial charge on any atom is 0.144 e. The molecule has 0 aromatic rings. The van der Waals surface area contributed by atoms with Gasteiger partial charge in [-0.15, -0.1) is 0 Å². The molecule has 3 nitrogen and oxygen atoms in total. The lowest BCUT2D eigenvalue weighted by Crippen LogP contribution is -2.31. The minimum atomic E-state index is -1.05. The lowest BCUT2D eigenvalue weighted by atomic mass is 9.85. The van der Waals surface area contributed by atoms with E-state index in [4.69, 9.17) is 0 Å². The second-order valence-electron chi connectivity index (χ2n) is 6.29. The third kappa shape index (κ3) is 4.39. The predicted octanol–water partition coefficient (Wildman–Crippen LogP) is 3.30. The van der Waals surface area contributed by atoms with Gasteiger partial charge in [0.1, 0.15) is 21.9 Å². The fourth-order valence-electron chi connectivity index (χ4n) is 1.49. The highest BCUT2D eigenvalue weighted by molar-refractivity contribution is 7.91. The summed E-state index contributed by atoms with van der Waals surface area (Å²) in [5.74, 6) is 1.40. The molecule has 0 aromatic carbocycles. The van der Waals surface area contributed by atoms with Crippen LogP contribution in [0.3, 0.4) is 0 Å². The van der Waals surface area contributed by atoms with Gasteiger partial charge < -0.3 is 4.55 Å². The van der Waals surface area contributed by atoms with Crippen molar-refractivity contribution in [1.82, 2.24) is 0 Å². The summed E-state index contributed by atoms with van der Waals surface area (Å²) in [6.07, 6.45) is 4.21. The summed E-state index contributed by atoms with van der Waals surface area (Å²) in [5, 5.41) is 0. The van der Waals surface area contributed by atoms with E-state index in [1.807, 2.05) is 27.7 Å². The van der Waals surface area contributed by atoms with Crippen molar-refractivity contribution >= 4 is 22.9 Å². The van der Waals surface area contributed by atoms with E-state index in [0.29, 0.717) is 17.6 Å². The smallest absolute Gasteiger partial charge is 0.144 e. The number of Topliss-reactive ketones (excluding diaryl/α,β-unsaturated/α-hetero) is 1. The molecule has 18 heavy (non-hydrogen) atoms. The van der Waals surface area contributed by atoms with Gasteiger partial charge in [0.05, 0.1) is 5.71 Å². The molecule has 0 aromatic heterocycles. The van der Waals surface area contributed by atoms with E-state index in [0.717, 1.165) is 25.0 Å². The molecule has 2 aliphatic carbocycles. The third-order valence-corrected chi connectivity index (χ3v) is 4.95. The Hall–Kier alpha value is -0.350. The van der Waals surface area contributed by atoms with Gasteiger partial charge in [-0.25, -0.2) is 0 Å². The van der Waals surface area contributed by atoms with Gasteiger partial charge in [-0.05, 0) is 46.0 Å². The molecule has 4 heteroatoms. The van der Waals surface area contributed by atoms with Crippen LogP contribution in [0.1, 0.15) is 60.3 Å². The molecular formula is C14H25NO2S. The number of rotatable bonds is 1. The van der Waals surface area contributed by atoms with Crippen LogP contribution < -0.4 is 0 Å². The van der Waals surface area contributed by atoms with Gasteiger partial charge in [0, 0.05) is 12.3 Å². The van der Waals surface area contributed by atoms with E-state index in [1.54, 1.807) is 0 Å². The van der Waals surface area contributed by atoms with Crippen LogP contribution in [0.25, 0.3) is 0 Å². The summed E-state index contributed by atoms with van der Waals surface area (Å²) < 4.78 is 15.6. The normalized spacial score (nSPS) is 31.0. The maximum absolute atomic E-state index is 11.5. The van der Waals surface area contributed by atoms with Gasteiger partial charge in [-0.3, -0.25) is 4.79 Å².